The normalized spacial score (nSPS) is 21.5. The summed E-state index contributed by atoms with van der Waals surface area (Å²) in [7, 11) is -3.24. The average Bonchev–Trinajstić information content (AvgIpc) is 2.66. The third kappa shape index (κ3) is 2.21. The van der Waals surface area contributed by atoms with E-state index < -0.39 is 14.8 Å². The molecule has 0 unspecified atom stereocenters. The zero-order chi connectivity index (χ0) is 10.3. The van der Waals surface area contributed by atoms with Gasteiger partial charge in [0.1, 0.15) is 0 Å². The third-order valence-electron chi connectivity index (χ3n) is 2.40. The van der Waals surface area contributed by atoms with Gasteiger partial charge in [0, 0.05) is 12.1 Å². The fourth-order valence-corrected chi connectivity index (χ4v) is 2.10. The van der Waals surface area contributed by atoms with Crippen LogP contribution in [0.2, 0.25) is 0 Å². The van der Waals surface area contributed by atoms with Crippen molar-refractivity contribution < 1.29 is 8.42 Å². The van der Waals surface area contributed by atoms with Gasteiger partial charge >= 0.3 is 0 Å². The molecule has 0 aromatic heterocycles. The zero-order valence-electron chi connectivity index (χ0n) is 8.42. The quantitative estimate of drug-likeness (QED) is 0.692. The van der Waals surface area contributed by atoms with Crippen molar-refractivity contribution in [3.8, 4) is 0 Å². The summed E-state index contributed by atoms with van der Waals surface area (Å²) in [6, 6.07) is 0. The van der Waals surface area contributed by atoms with Crippen LogP contribution in [0.25, 0.3) is 0 Å². The maximum atomic E-state index is 11.7. The molecule has 0 bridgehead atoms. The fourth-order valence-electron chi connectivity index (χ4n) is 0.937. The number of nitrogens with two attached hydrogens (primary N) is 1. The molecule has 3 N–H and O–H groups in total. The number of nitrogens with one attached hydrogen (secondary N) is 1. The summed E-state index contributed by atoms with van der Waals surface area (Å²) in [5.74, 6) is 0. The molecule has 13 heavy (non-hydrogen) atoms. The zero-order valence-corrected chi connectivity index (χ0v) is 9.24. The first-order valence-electron chi connectivity index (χ1n) is 4.46. The van der Waals surface area contributed by atoms with Crippen LogP contribution in [0.4, 0.5) is 0 Å². The molecule has 0 heterocycles. The molecule has 0 aromatic rings. The molecule has 1 aliphatic rings. The van der Waals surface area contributed by atoms with E-state index in [1.165, 1.54) is 0 Å². The molecule has 4 nitrogen and oxygen atoms in total. The van der Waals surface area contributed by atoms with E-state index in [1.54, 1.807) is 20.8 Å². The highest BCUT2D eigenvalue weighted by Crippen LogP contribution is 2.36. The highest BCUT2D eigenvalue weighted by molar-refractivity contribution is 7.90. The van der Waals surface area contributed by atoms with Gasteiger partial charge in [-0.1, -0.05) is 0 Å². The Morgan fingerprint density at radius 3 is 2.08 bits per heavy atom. The Morgan fingerprint density at radius 1 is 1.38 bits per heavy atom. The number of rotatable bonds is 3. The van der Waals surface area contributed by atoms with E-state index in [0.29, 0.717) is 6.54 Å². The van der Waals surface area contributed by atoms with Crippen molar-refractivity contribution in [1.29, 1.82) is 0 Å². The number of hydrogen-bond acceptors (Lipinski definition) is 3. The van der Waals surface area contributed by atoms with Gasteiger partial charge in [-0.15, -0.1) is 0 Å². The molecule has 1 saturated carbocycles. The second-order valence-corrected chi connectivity index (χ2v) is 7.14. The van der Waals surface area contributed by atoms with Gasteiger partial charge < -0.3 is 5.73 Å². The van der Waals surface area contributed by atoms with Gasteiger partial charge in [0.15, 0.2) is 0 Å². The summed E-state index contributed by atoms with van der Waals surface area (Å²) >= 11 is 0. The van der Waals surface area contributed by atoms with Crippen LogP contribution >= 0.6 is 0 Å². The van der Waals surface area contributed by atoms with E-state index in [1.807, 2.05) is 0 Å². The second kappa shape index (κ2) is 2.93. The van der Waals surface area contributed by atoms with Crippen LogP contribution in [-0.4, -0.2) is 25.2 Å². The van der Waals surface area contributed by atoms with Crippen LogP contribution in [0, 0.1) is 0 Å². The van der Waals surface area contributed by atoms with Crippen molar-refractivity contribution in [2.75, 3.05) is 6.54 Å². The third-order valence-corrected chi connectivity index (χ3v) is 4.72. The molecule has 0 saturated heterocycles. The molecule has 0 radical (unpaired) electrons. The van der Waals surface area contributed by atoms with Gasteiger partial charge in [0.25, 0.3) is 0 Å². The Kier molecular flexibility index (Phi) is 2.47. The van der Waals surface area contributed by atoms with Gasteiger partial charge in [-0.05, 0) is 33.6 Å². The predicted octanol–water partition coefficient (Wildman–Crippen LogP) is 0.196. The van der Waals surface area contributed by atoms with Crippen LogP contribution in [0.5, 0.6) is 0 Å². The number of sulfonamides is 1. The second-order valence-electron chi connectivity index (χ2n) is 4.70. The SMILES string of the molecule is CC(C)(C)S(=O)(=O)NC1(CN)CC1. The number of hydrogen-bond donors (Lipinski definition) is 2. The minimum Gasteiger partial charge on any atom is -0.329 e. The Bertz CT molecular complexity index is 286. The lowest BCUT2D eigenvalue weighted by molar-refractivity contribution is 0.515. The highest BCUT2D eigenvalue weighted by atomic mass is 32.2. The van der Waals surface area contributed by atoms with Crippen molar-refractivity contribution in [3.05, 3.63) is 0 Å². The monoisotopic (exact) mass is 206 g/mol. The van der Waals surface area contributed by atoms with Crippen molar-refractivity contribution in [2.24, 2.45) is 5.73 Å². The maximum absolute atomic E-state index is 11.7. The van der Waals surface area contributed by atoms with Gasteiger partial charge in [-0.2, -0.15) is 0 Å². The van der Waals surface area contributed by atoms with Gasteiger partial charge in [0.05, 0.1) is 4.75 Å². The standard InChI is InChI=1S/C8H18N2O2S/c1-7(2,3)13(11,12)10-8(6-9)4-5-8/h10H,4-6,9H2,1-3H3. The molecule has 5 heteroatoms. The predicted molar refractivity (Wildman–Crippen MR) is 52.8 cm³/mol. The Morgan fingerprint density at radius 2 is 1.85 bits per heavy atom. The van der Waals surface area contributed by atoms with E-state index in [2.05, 4.69) is 4.72 Å². The molecular formula is C8H18N2O2S. The first kappa shape index (κ1) is 10.9. The Balaban J connectivity index is 2.74. The van der Waals surface area contributed by atoms with Gasteiger partial charge in [-0.25, -0.2) is 13.1 Å². The van der Waals surface area contributed by atoms with Crippen molar-refractivity contribution in [2.45, 2.75) is 43.9 Å². The van der Waals surface area contributed by atoms with E-state index in [-0.39, 0.29) is 5.54 Å². The van der Waals surface area contributed by atoms with Crippen LogP contribution in [0.15, 0.2) is 0 Å². The first-order chi connectivity index (χ1) is 5.72. The topological polar surface area (TPSA) is 72.2 Å². The average molecular weight is 206 g/mol. The lowest BCUT2D eigenvalue weighted by Gasteiger charge is -2.24. The molecular weight excluding hydrogens is 188 g/mol. The van der Waals surface area contributed by atoms with Crippen molar-refractivity contribution >= 4 is 10.0 Å². The van der Waals surface area contributed by atoms with Gasteiger partial charge in [0.2, 0.25) is 10.0 Å². The van der Waals surface area contributed by atoms with Gasteiger partial charge in [-0.3, -0.25) is 0 Å². The van der Waals surface area contributed by atoms with Crippen LogP contribution in [-0.2, 0) is 10.0 Å². The molecule has 0 atom stereocenters. The summed E-state index contributed by atoms with van der Waals surface area (Å²) < 4.78 is 25.3. The van der Waals surface area contributed by atoms with Crippen LogP contribution in [0.1, 0.15) is 33.6 Å². The Labute approximate surface area is 79.9 Å². The maximum Gasteiger partial charge on any atom is 0.217 e. The first-order valence-corrected chi connectivity index (χ1v) is 5.94. The van der Waals surface area contributed by atoms with E-state index >= 15 is 0 Å². The summed E-state index contributed by atoms with van der Waals surface area (Å²) in [6.07, 6.45) is 1.72. The molecule has 0 spiro atoms. The molecule has 1 aliphatic carbocycles. The van der Waals surface area contributed by atoms with Crippen LogP contribution in [0.3, 0.4) is 0 Å². The molecule has 0 amide bonds. The molecule has 1 rings (SSSR count). The van der Waals surface area contributed by atoms with Crippen molar-refractivity contribution in [3.63, 3.8) is 0 Å². The molecule has 0 aromatic carbocycles. The lowest BCUT2D eigenvalue weighted by atomic mass is 10.3. The summed E-state index contributed by atoms with van der Waals surface area (Å²) in [5, 5.41) is 0. The fraction of sp³-hybridized carbons (Fsp3) is 1.00. The smallest absolute Gasteiger partial charge is 0.217 e. The Hall–Kier alpha value is -0.130. The van der Waals surface area contributed by atoms with E-state index in [4.69, 9.17) is 5.73 Å². The summed E-state index contributed by atoms with van der Waals surface area (Å²) in [5.41, 5.74) is 5.17. The molecule has 0 aliphatic heterocycles. The highest BCUT2D eigenvalue weighted by Gasteiger charge is 2.46. The minimum atomic E-state index is -3.24. The van der Waals surface area contributed by atoms with Crippen LogP contribution < -0.4 is 10.5 Å². The van der Waals surface area contributed by atoms with E-state index in [0.717, 1.165) is 12.8 Å². The molecule has 78 valence electrons. The van der Waals surface area contributed by atoms with Crippen molar-refractivity contribution in [1.82, 2.24) is 4.72 Å². The largest absolute Gasteiger partial charge is 0.329 e. The minimum absolute atomic E-state index is 0.327. The summed E-state index contributed by atoms with van der Waals surface area (Å²) in [6.45, 7) is 5.44. The summed E-state index contributed by atoms with van der Waals surface area (Å²) in [4.78, 5) is 0. The lowest BCUT2D eigenvalue weighted by Crippen LogP contribution is -2.49. The molecule has 1 fully saturated rings. The van der Waals surface area contributed by atoms with E-state index in [9.17, 15) is 8.42 Å².